The summed E-state index contributed by atoms with van der Waals surface area (Å²) in [4.78, 5) is 2.46. The van der Waals surface area contributed by atoms with Crippen molar-refractivity contribution < 1.29 is 4.39 Å². The third-order valence-electron chi connectivity index (χ3n) is 3.49. The summed E-state index contributed by atoms with van der Waals surface area (Å²) in [6, 6.07) is 5.67. The van der Waals surface area contributed by atoms with E-state index in [2.05, 4.69) is 33.1 Å². The minimum atomic E-state index is -0.163. The first-order valence-electron chi connectivity index (χ1n) is 6.62. The first-order valence-corrected chi connectivity index (χ1v) is 7.42. The molecule has 1 atom stereocenters. The van der Waals surface area contributed by atoms with Gasteiger partial charge in [0.2, 0.25) is 0 Å². The van der Waals surface area contributed by atoms with Gasteiger partial charge in [-0.05, 0) is 34.0 Å². The average molecular weight is 388 g/mol. The molecule has 0 bridgehead atoms. The lowest BCUT2D eigenvalue weighted by Gasteiger charge is -2.35. The number of rotatable bonds is 4. The zero-order valence-electron chi connectivity index (χ0n) is 11.6. The third kappa shape index (κ3) is 4.85. The van der Waals surface area contributed by atoms with Crippen LogP contribution >= 0.6 is 40.7 Å². The Morgan fingerprint density at radius 3 is 2.55 bits per heavy atom. The SMILES string of the molecule is CCC[C@H](c1cccc(F)c1Br)N1CCNCC1.Cl.Cl. The normalized spacial score (nSPS) is 16.9. The highest BCUT2D eigenvalue weighted by molar-refractivity contribution is 9.10. The van der Waals surface area contributed by atoms with Crippen molar-refractivity contribution in [3.8, 4) is 0 Å². The Morgan fingerprint density at radius 1 is 1.30 bits per heavy atom. The summed E-state index contributed by atoms with van der Waals surface area (Å²) in [7, 11) is 0. The maximum Gasteiger partial charge on any atom is 0.137 e. The lowest BCUT2D eigenvalue weighted by molar-refractivity contribution is 0.164. The van der Waals surface area contributed by atoms with E-state index < -0.39 is 0 Å². The predicted octanol–water partition coefficient (Wildman–Crippen LogP) is 4.18. The zero-order chi connectivity index (χ0) is 13.0. The van der Waals surface area contributed by atoms with E-state index in [1.165, 1.54) is 6.07 Å². The van der Waals surface area contributed by atoms with Crippen molar-refractivity contribution >= 4 is 40.7 Å². The van der Waals surface area contributed by atoms with Crippen molar-refractivity contribution in [2.75, 3.05) is 26.2 Å². The molecule has 0 amide bonds. The van der Waals surface area contributed by atoms with E-state index in [4.69, 9.17) is 0 Å². The average Bonchev–Trinajstić information content (AvgIpc) is 2.41. The second-order valence-corrected chi connectivity index (χ2v) is 5.53. The molecule has 0 saturated carbocycles. The largest absolute Gasteiger partial charge is 0.314 e. The summed E-state index contributed by atoms with van der Waals surface area (Å²) in [6.07, 6.45) is 2.18. The Hall–Kier alpha value is 0.130. The number of piperazine rings is 1. The second-order valence-electron chi connectivity index (χ2n) is 4.73. The molecule has 1 saturated heterocycles. The van der Waals surface area contributed by atoms with Crippen LogP contribution in [0.1, 0.15) is 31.4 Å². The van der Waals surface area contributed by atoms with Gasteiger partial charge >= 0.3 is 0 Å². The van der Waals surface area contributed by atoms with Crippen LogP contribution in [0.5, 0.6) is 0 Å². The fourth-order valence-corrected chi connectivity index (χ4v) is 3.11. The van der Waals surface area contributed by atoms with Gasteiger partial charge in [-0.25, -0.2) is 4.39 Å². The number of benzene rings is 1. The topological polar surface area (TPSA) is 15.3 Å². The molecule has 1 aliphatic rings. The molecule has 6 heteroatoms. The third-order valence-corrected chi connectivity index (χ3v) is 4.33. The van der Waals surface area contributed by atoms with Crippen molar-refractivity contribution in [3.63, 3.8) is 0 Å². The molecule has 1 heterocycles. The van der Waals surface area contributed by atoms with Gasteiger partial charge in [0.25, 0.3) is 0 Å². The fraction of sp³-hybridized carbons (Fsp3) is 0.571. The van der Waals surface area contributed by atoms with E-state index in [-0.39, 0.29) is 30.6 Å². The van der Waals surface area contributed by atoms with Crippen molar-refractivity contribution in [2.24, 2.45) is 0 Å². The standard InChI is InChI=1S/C14H20BrFN2.2ClH/c1-2-4-13(18-9-7-17-8-10-18)11-5-3-6-12(16)14(11)15;;/h3,5-6,13,17H,2,4,7-10H2,1H3;2*1H/t13-;;/m1../s1. The van der Waals surface area contributed by atoms with Gasteiger partial charge in [-0.2, -0.15) is 0 Å². The van der Waals surface area contributed by atoms with Crippen LogP contribution in [0.25, 0.3) is 0 Å². The maximum atomic E-state index is 13.7. The smallest absolute Gasteiger partial charge is 0.137 e. The molecule has 1 aromatic rings. The van der Waals surface area contributed by atoms with Gasteiger partial charge in [-0.3, -0.25) is 4.90 Å². The Kier molecular flexibility index (Phi) is 10.0. The van der Waals surface area contributed by atoms with Crippen LogP contribution in [-0.4, -0.2) is 31.1 Å². The van der Waals surface area contributed by atoms with Gasteiger partial charge < -0.3 is 5.32 Å². The lowest BCUT2D eigenvalue weighted by atomic mass is 10.00. The molecule has 0 aromatic heterocycles. The van der Waals surface area contributed by atoms with Crippen molar-refractivity contribution in [2.45, 2.75) is 25.8 Å². The summed E-state index contributed by atoms with van der Waals surface area (Å²) < 4.78 is 14.3. The van der Waals surface area contributed by atoms with E-state index in [9.17, 15) is 4.39 Å². The van der Waals surface area contributed by atoms with Crippen LogP contribution in [0.2, 0.25) is 0 Å². The van der Waals surface area contributed by atoms with E-state index in [0.29, 0.717) is 10.5 Å². The molecule has 1 fully saturated rings. The van der Waals surface area contributed by atoms with E-state index in [1.54, 1.807) is 6.07 Å². The van der Waals surface area contributed by atoms with Gasteiger partial charge in [-0.1, -0.05) is 25.5 Å². The molecular formula is C14H22BrCl2FN2. The Balaban J connectivity index is 0.00000180. The van der Waals surface area contributed by atoms with Crippen LogP contribution in [0, 0.1) is 5.82 Å². The molecule has 0 radical (unpaired) electrons. The molecule has 1 N–H and O–H groups in total. The van der Waals surface area contributed by atoms with Crippen molar-refractivity contribution in [3.05, 3.63) is 34.1 Å². The number of nitrogens with zero attached hydrogens (tertiary/aromatic N) is 1. The van der Waals surface area contributed by atoms with Gasteiger partial charge in [0.1, 0.15) is 5.82 Å². The summed E-state index contributed by atoms with van der Waals surface area (Å²) in [5.74, 6) is -0.163. The minimum Gasteiger partial charge on any atom is -0.314 e. The van der Waals surface area contributed by atoms with E-state index in [0.717, 1.165) is 44.6 Å². The summed E-state index contributed by atoms with van der Waals surface area (Å²) in [5.41, 5.74) is 1.08. The van der Waals surface area contributed by atoms with Crippen LogP contribution < -0.4 is 5.32 Å². The quantitative estimate of drug-likeness (QED) is 0.833. The monoisotopic (exact) mass is 386 g/mol. The first-order chi connectivity index (χ1) is 8.74. The predicted molar refractivity (Wildman–Crippen MR) is 90.7 cm³/mol. The molecule has 2 nitrogen and oxygen atoms in total. The number of hydrogen-bond acceptors (Lipinski definition) is 2. The van der Waals surface area contributed by atoms with Gasteiger partial charge in [0.05, 0.1) is 4.47 Å². The Labute approximate surface area is 141 Å². The highest BCUT2D eigenvalue weighted by Gasteiger charge is 2.23. The highest BCUT2D eigenvalue weighted by Crippen LogP contribution is 2.33. The minimum absolute atomic E-state index is 0. The number of halogens is 4. The fourth-order valence-electron chi connectivity index (χ4n) is 2.58. The maximum absolute atomic E-state index is 13.7. The van der Waals surface area contributed by atoms with Gasteiger partial charge in [0, 0.05) is 32.2 Å². The molecule has 0 unspecified atom stereocenters. The molecular weight excluding hydrogens is 366 g/mol. The zero-order valence-corrected chi connectivity index (χ0v) is 14.8. The molecule has 0 aliphatic carbocycles. The van der Waals surface area contributed by atoms with Crippen LogP contribution in [-0.2, 0) is 0 Å². The summed E-state index contributed by atoms with van der Waals surface area (Å²) >= 11 is 3.40. The summed E-state index contributed by atoms with van der Waals surface area (Å²) in [6.45, 7) is 6.30. The molecule has 1 aliphatic heterocycles. The molecule has 20 heavy (non-hydrogen) atoms. The van der Waals surface area contributed by atoms with Gasteiger partial charge in [0.15, 0.2) is 0 Å². The van der Waals surface area contributed by atoms with Crippen LogP contribution in [0.4, 0.5) is 4.39 Å². The lowest BCUT2D eigenvalue weighted by Crippen LogP contribution is -2.45. The van der Waals surface area contributed by atoms with E-state index >= 15 is 0 Å². The summed E-state index contributed by atoms with van der Waals surface area (Å²) in [5, 5.41) is 3.36. The first kappa shape index (κ1) is 20.1. The Morgan fingerprint density at radius 2 is 1.95 bits per heavy atom. The van der Waals surface area contributed by atoms with Crippen LogP contribution in [0.15, 0.2) is 22.7 Å². The molecule has 116 valence electrons. The van der Waals surface area contributed by atoms with Gasteiger partial charge in [-0.15, -0.1) is 24.8 Å². The number of hydrogen-bond donors (Lipinski definition) is 1. The second kappa shape index (κ2) is 9.96. The van der Waals surface area contributed by atoms with Crippen LogP contribution in [0.3, 0.4) is 0 Å². The van der Waals surface area contributed by atoms with Crippen molar-refractivity contribution in [1.82, 2.24) is 10.2 Å². The molecule has 2 rings (SSSR count). The van der Waals surface area contributed by atoms with Crippen molar-refractivity contribution in [1.29, 1.82) is 0 Å². The molecule has 1 aromatic carbocycles. The van der Waals surface area contributed by atoms with E-state index in [1.807, 2.05) is 6.07 Å². The Bertz CT molecular complexity index is 401. The number of nitrogens with one attached hydrogen (secondary N) is 1. The molecule has 0 spiro atoms. The highest BCUT2D eigenvalue weighted by atomic mass is 79.9.